The van der Waals surface area contributed by atoms with Gasteiger partial charge in [0.1, 0.15) is 5.75 Å². The van der Waals surface area contributed by atoms with Gasteiger partial charge >= 0.3 is 0 Å². The molecule has 0 atom stereocenters. The number of aryl methyl sites for hydroxylation is 1. The van der Waals surface area contributed by atoms with Crippen LogP contribution in [0.25, 0.3) is 10.9 Å². The molecule has 0 saturated carbocycles. The third kappa shape index (κ3) is 3.30. The predicted octanol–water partition coefficient (Wildman–Crippen LogP) is 4.53. The third-order valence-corrected chi connectivity index (χ3v) is 4.45. The fourth-order valence-electron chi connectivity index (χ4n) is 2.17. The van der Waals surface area contributed by atoms with E-state index in [1.54, 1.807) is 31.4 Å². The van der Waals surface area contributed by atoms with Crippen LogP contribution in [-0.4, -0.2) is 22.2 Å². The molecule has 0 fully saturated rings. The van der Waals surface area contributed by atoms with Crippen molar-refractivity contribution in [1.29, 1.82) is 0 Å². The molecule has 0 aliphatic rings. The van der Waals surface area contributed by atoms with E-state index >= 15 is 0 Å². The molecule has 6 heteroatoms. The van der Waals surface area contributed by atoms with Crippen molar-refractivity contribution in [1.82, 2.24) is 9.97 Å². The highest BCUT2D eigenvalue weighted by atomic mass is 35.5. The lowest BCUT2D eigenvalue weighted by Crippen LogP contribution is -1.99. The molecule has 0 amide bonds. The highest BCUT2D eigenvalue weighted by Gasteiger charge is 2.15. The van der Waals surface area contributed by atoms with Gasteiger partial charge in [-0.15, -0.1) is 0 Å². The van der Waals surface area contributed by atoms with Crippen LogP contribution in [-0.2, 0) is 0 Å². The molecule has 1 heterocycles. The monoisotopic (exact) mass is 344 g/mol. The first-order chi connectivity index (χ1) is 11.1. The lowest BCUT2D eigenvalue weighted by molar-refractivity contribution is 0.108. The van der Waals surface area contributed by atoms with Crippen LogP contribution in [0, 0.1) is 6.92 Å². The van der Waals surface area contributed by atoms with Crippen LogP contribution in [0.2, 0.25) is 5.02 Å². The minimum atomic E-state index is -0.178. The van der Waals surface area contributed by atoms with Crippen LogP contribution in [0.4, 0.5) is 0 Å². The minimum absolute atomic E-state index is 0.178. The molecule has 0 unspecified atom stereocenters. The molecule has 1 aromatic heterocycles. The first kappa shape index (κ1) is 15.8. The van der Waals surface area contributed by atoms with Crippen LogP contribution < -0.4 is 4.74 Å². The number of carbonyl (C=O) groups excluding carboxylic acids is 1. The Morgan fingerprint density at radius 3 is 2.70 bits per heavy atom. The Hall–Kier alpha value is -2.11. The summed E-state index contributed by atoms with van der Waals surface area (Å²) in [6.45, 7) is 1.88. The number of thioether (sulfide) groups is 1. The molecule has 116 valence electrons. The number of carbonyl (C=O) groups is 1. The summed E-state index contributed by atoms with van der Waals surface area (Å²) >= 11 is 7.03. The van der Waals surface area contributed by atoms with Gasteiger partial charge in [0.2, 0.25) is 5.12 Å². The second-order valence-corrected chi connectivity index (χ2v) is 6.19. The minimum Gasteiger partial charge on any atom is -0.497 e. The predicted molar refractivity (Wildman–Crippen MR) is 92.5 cm³/mol. The zero-order valence-corrected chi connectivity index (χ0v) is 14.1. The molecule has 0 spiro atoms. The normalized spacial score (nSPS) is 10.7. The number of nitrogens with zero attached hydrogens (tertiary/aromatic N) is 2. The number of fused-ring (bicyclic) bond motifs is 1. The summed E-state index contributed by atoms with van der Waals surface area (Å²) in [6.07, 6.45) is 0. The SMILES string of the molecule is COc1ccc2nc(SC(=O)c3ccccc3Cl)nc(C)c2c1. The number of methoxy groups -OCH3 is 1. The fourth-order valence-corrected chi connectivity index (χ4v) is 3.23. The summed E-state index contributed by atoms with van der Waals surface area (Å²) in [7, 11) is 1.61. The van der Waals surface area contributed by atoms with E-state index in [9.17, 15) is 4.79 Å². The van der Waals surface area contributed by atoms with E-state index in [4.69, 9.17) is 16.3 Å². The fraction of sp³-hybridized carbons (Fsp3) is 0.118. The number of hydrogen-bond acceptors (Lipinski definition) is 5. The van der Waals surface area contributed by atoms with Crippen molar-refractivity contribution in [2.45, 2.75) is 12.1 Å². The van der Waals surface area contributed by atoms with Crippen LogP contribution in [0.1, 0.15) is 16.1 Å². The van der Waals surface area contributed by atoms with E-state index < -0.39 is 0 Å². The van der Waals surface area contributed by atoms with Gasteiger partial charge in [-0.25, -0.2) is 9.97 Å². The highest BCUT2D eigenvalue weighted by molar-refractivity contribution is 8.14. The molecular formula is C17H13ClN2O2S. The van der Waals surface area contributed by atoms with Crippen molar-refractivity contribution in [2.24, 2.45) is 0 Å². The van der Waals surface area contributed by atoms with Crippen molar-refractivity contribution in [3.8, 4) is 5.75 Å². The number of hydrogen-bond donors (Lipinski definition) is 0. The van der Waals surface area contributed by atoms with E-state index in [0.717, 1.165) is 34.1 Å². The van der Waals surface area contributed by atoms with Crippen LogP contribution in [0.3, 0.4) is 0 Å². The first-order valence-electron chi connectivity index (χ1n) is 6.87. The Kier molecular flexibility index (Phi) is 4.50. The Bertz CT molecular complexity index is 899. The number of aromatic nitrogens is 2. The molecule has 0 radical (unpaired) electrons. The maximum Gasteiger partial charge on any atom is 0.228 e. The molecule has 0 bridgehead atoms. The summed E-state index contributed by atoms with van der Waals surface area (Å²) < 4.78 is 5.21. The second kappa shape index (κ2) is 6.56. The van der Waals surface area contributed by atoms with Crippen molar-refractivity contribution >= 4 is 39.4 Å². The van der Waals surface area contributed by atoms with Crippen LogP contribution in [0.15, 0.2) is 47.6 Å². The molecule has 3 aromatic rings. The Morgan fingerprint density at radius 1 is 1.17 bits per heavy atom. The van der Waals surface area contributed by atoms with Gasteiger partial charge in [0.05, 0.1) is 17.6 Å². The van der Waals surface area contributed by atoms with E-state index in [1.165, 1.54) is 0 Å². The van der Waals surface area contributed by atoms with Gasteiger partial charge in [0.15, 0.2) is 5.16 Å². The summed E-state index contributed by atoms with van der Waals surface area (Å²) in [5, 5.41) is 1.55. The lowest BCUT2D eigenvalue weighted by Gasteiger charge is -2.07. The molecule has 0 saturated heterocycles. The maximum atomic E-state index is 12.4. The average molecular weight is 345 g/mol. The number of ether oxygens (including phenoxy) is 1. The van der Waals surface area contributed by atoms with E-state index in [2.05, 4.69) is 9.97 Å². The average Bonchev–Trinajstić information content (AvgIpc) is 2.55. The zero-order valence-electron chi connectivity index (χ0n) is 12.5. The van der Waals surface area contributed by atoms with Gasteiger partial charge in [-0.05, 0) is 49.0 Å². The quantitative estimate of drug-likeness (QED) is 0.516. The van der Waals surface area contributed by atoms with Crippen molar-refractivity contribution < 1.29 is 9.53 Å². The smallest absolute Gasteiger partial charge is 0.228 e. The maximum absolute atomic E-state index is 12.4. The van der Waals surface area contributed by atoms with E-state index in [0.29, 0.717) is 15.7 Å². The number of halogens is 1. The van der Waals surface area contributed by atoms with E-state index in [-0.39, 0.29) is 5.12 Å². The standard InChI is InChI=1S/C17H13ClN2O2S/c1-10-13-9-11(22-2)7-8-15(13)20-17(19-10)23-16(21)12-5-3-4-6-14(12)18/h3-9H,1-2H3. The molecule has 3 rings (SSSR count). The zero-order chi connectivity index (χ0) is 16.4. The van der Waals surface area contributed by atoms with Gasteiger partial charge in [-0.1, -0.05) is 23.7 Å². The molecule has 0 aliphatic heterocycles. The summed E-state index contributed by atoms with van der Waals surface area (Å²) in [5.74, 6) is 0.747. The summed E-state index contributed by atoms with van der Waals surface area (Å²) in [5.41, 5.74) is 2.02. The lowest BCUT2D eigenvalue weighted by atomic mass is 10.2. The largest absolute Gasteiger partial charge is 0.497 e. The first-order valence-corrected chi connectivity index (χ1v) is 8.07. The van der Waals surface area contributed by atoms with Crippen molar-refractivity contribution in [3.63, 3.8) is 0 Å². The van der Waals surface area contributed by atoms with Crippen LogP contribution in [0.5, 0.6) is 5.75 Å². The second-order valence-electron chi connectivity index (χ2n) is 4.84. The molecule has 2 aromatic carbocycles. The van der Waals surface area contributed by atoms with Gasteiger partial charge in [-0.2, -0.15) is 0 Å². The van der Waals surface area contributed by atoms with Gasteiger partial charge in [0.25, 0.3) is 0 Å². The number of benzene rings is 2. The van der Waals surface area contributed by atoms with Crippen molar-refractivity contribution in [3.05, 3.63) is 58.7 Å². The Balaban J connectivity index is 1.95. The molecule has 0 aliphatic carbocycles. The Labute approximate surface area is 142 Å². The topological polar surface area (TPSA) is 52.1 Å². The van der Waals surface area contributed by atoms with Crippen molar-refractivity contribution in [2.75, 3.05) is 7.11 Å². The van der Waals surface area contributed by atoms with Crippen LogP contribution >= 0.6 is 23.4 Å². The molecule has 23 heavy (non-hydrogen) atoms. The van der Waals surface area contributed by atoms with Gasteiger partial charge < -0.3 is 4.74 Å². The van der Waals surface area contributed by atoms with Gasteiger partial charge in [0, 0.05) is 16.6 Å². The van der Waals surface area contributed by atoms with Gasteiger partial charge in [-0.3, -0.25) is 4.79 Å². The third-order valence-electron chi connectivity index (χ3n) is 3.35. The summed E-state index contributed by atoms with van der Waals surface area (Å²) in [4.78, 5) is 21.2. The Morgan fingerprint density at radius 2 is 1.96 bits per heavy atom. The molecule has 4 nitrogen and oxygen atoms in total. The van der Waals surface area contributed by atoms with E-state index in [1.807, 2.05) is 25.1 Å². The molecule has 0 N–H and O–H groups in total. The number of rotatable bonds is 3. The summed E-state index contributed by atoms with van der Waals surface area (Å²) in [6, 6.07) is 12.5. The molecular weight excluding hydrogens is 332 g/mol. The highest BCUT2D eigenvalue weighted by Crippen LogP contribution is 2.28.